The first kappa shape index (κ1) is 15.4. The topological polar surface area (TPSA) is 42.7 Å². The molecule has 108 valence electrons. The van der Waals surface area contributed by atoms with Crippen molar-refractivity contribution in [2.45, 2.75) is 19.4 Å². The summed E-state index contributed by atoms with van der Waals surface area (Å²) >= 11 is 9.50. The number of nitrogens with zero attached hydrogens (tertiary/aromatic N) is 3. The first-order valence-corrected chi connectivity index (χ1v) is 7.42. The predicted octanol–water partition coefficient (Wildman–Crippen LogP) is 3.26. The second-order valence-electron chi connectivity index (χ2n) is 4.44. The molecule has 1 N–H and O–H groups in total. The fraction of sp³-hybridized carbons (Fsp3) is 0.385. The van der Waals surface area contributed by atoms with Crippen LogP contribution in [0.5, 0.6) is 0 Å². The van der Waals surface area contributed by atoms with Gasteiger partial charge in [0.05, 0.1) is 11.7 Å². The predicted molar refractivity (Wildman–Crippen MR) is 80.2 cm³/mol. The average Bonchev–Trinajstić information content (AvgIpc) is 2.72. The van der Waals surface area contributed by atoms with E-state index >= 15 is 0 Å². The summed E-state index contributed by atoms with van der Waals surface area (Å²) in [4.78, 5) is 0. The molecule has 0 aliphatic heterocycles. The Morgan fingerprint density at radius 2 is 2.25 bits per heavy atom. The highest BCUT2D eigenvalue weighted by atomic mass is 79.9. The van der Waals surface area contributed by atoms with Gasteiger partial charge in [-0.2, -0.15) is 0 Å². The number of halogens is 3. The van der Waals surface area contributed by atoms with Crippen molar-refractivity contribution < 1.29 is 4.39 Å². The lowest BCUT2D eigenvalue weighted by molar-refractivity contribution is 0.504. The summed E-state index contributed by atoms with van der Waals surface area (Å²) in [6, 6.07) is 4.45. The normalized spacial score (nSPS) is 12.7. The number of benzene rings is 1. The number of nitrogens with one attached hydrogen (secondary N) is 1. The fourth-order valence-electron chi connectivity index (χ4n) is 2.13. The van der Waals surface area contributed by atoms with E-state index in [1.807, 2.05) is 14.0 Å². The zero-order chi connectivity index (χ0) is 14.7. The van der Waals surface area contributed by atoms with Crippen molar-refractivity contribution >= 4 is 27.5 Å². The Morgan fingerprint density at radius 3 is 2.80 bits per heavy atom. The summed E-state index contributed by atoms with van der Waals surface area (Å²) in [6.45, 7) is 2.82. The zero-order valence-electron chi connectivity index (χ0n) is 11.2. The Kier molecular flexibility index (Phi) is 5.12. The van der Waals surface area contributed by atoms with Gasteiger partial charge >= 0.3 is 0 Å². The van der Waals surface area contributed by atoms with Crippen LogP contribution in [-0.2, 0) is 13.5 Å². The quantitative estimate of drug-likeness (QED) is 0.889. The highest BCUT2D eigenvalue weighted by molar-refractivity contribution is 9.10. The van der Waals surface area contributed by atoms with E-state index < -0.39 is 0 Å². The first-order chi connectivity index (χ1) is 9.52. The van der Waals surface area contributed by atoms with Crippen molar-refractivity contribution in [1.82, 2.24) is 20.3 Å². The summed E-state index contributed by atoms with van der Waals surface area (Å²) < 4.78 is 15.5. The first-order valence-electron chi connectivity index (χ1n) is 6.25. The molecule has 1 aromatic heterocycles. The van der Waals surface area contributed by atoms with Crippen LogP contribution in [0.2, 0.25) is 5.02 Å². The highest BCUT2D eigenvalue weighted by Gasteiger charge is 2.20. The molecule has 2 rings (SSSR count). The van der Waals surface area contributed by atoms with Crippen molar-refractivity contribution in [2.75, 3.05) is 6.54 Å². The van der Waals surface area contributed by atoms with E-state index in [1.54, 1.807) is 10.7 Å². The Labute approximate surface area is 130 Å². The molecule has 7 heteroatoms. The summed E-state index contributed by atoms with van der Waals surface area (Å²) in [6.07, 6.45) is 0.632. The Hall–Kier alpha value is -0.980. The molecule has 0 saturated carbocycles. The van der Waals surface area contributed by atoms with Gasteiger partial charge in [0, 0.05) is 12.1 Å². The monoisotopic (exact) mass is 360 g/mol. The lowest BCUT2D eigenvalue weighted by Gasteiger charge is -2.19. The second-order valence-corrected chi connectivity index (χ2v) is 5.60. The Balaban J connectivity index is 2.30. The molecule has 0 fully saturated rings. The van der Waals surface area contributed by atoms with Gasteiger partial charge in [-0.15, -0.1) is 5.10 Å². The van der Waals surface area contributed by atoms with E-state index in [0.29, 0.717) is 16.0 Å². The molecular formula is C13H15BrClFN4. The summed E-state index contributed by atoms with van der Waals surface area (Å²) in [5.74, 6) is -0.331. The highest BCUT2D eigenvalue weighted by Crippen LogP contribution is 2.27. The van der Waals surface area contributed by atoms with Crippen LogP contribution in [0.3, 0.4) is 0 Å². The minimum absolute atomic E-state index is 0.00247. The molecule has 1 heterocycles. The lowest BCUT2D eigenvalue weighted by atomic mass is 10.0. The van der Waals surface area contributed by atoms with Crippen LogP contribution in [0.1, 0.15) is 24.2 Å². The van der Waals surface area contributed by atoms with E-state index in [2.05, 4.69) is 31.6 Å². The molecule has 20 heavy (non-hydrogen) atoms. The Morgan fingerprint density at radius 1 is 1.50 bits per heavy atom. The van der Waals surface area contributed by atoms with Gasteiger partial charge < -0.3 is 5.32 Å². The van der Waals surface area contributed by atoms with Gasteiger partial charge in [-0.1, -0.05) is 29.8 Å². The molecule has 0 aliphatic carbocycles. The molecule has 0 bridgehead atoms. The third-order valence-corrected chi connectivity index (χ3v) is 3.96. The third kappa shape index (κ3) is 3.37. The van der Waals surface area contributed by atoms with Gasteiger partial charge in [0.1, 0.15) is 5.82 Å². The van der Waals surface area contributed by atoms with Crippen LogP contribution in [0.25, 0.3) is 0 Å². The number of likely N-dealkylation sites (N-methyl/N-ethyl adjacent to an activating group) is 1. The molecule has 2 aromatic rings. The van der Waals surface area contributed by atoms with Crippen molar-refractivity contribution in [2.24, 2.45) is 7.05 Å². The van der Waals surface area contributed by atoms with E-state index in [1.165, 1.54) is 12.1 Å². The van der Waals surface area contributed by atoms with E-state index in [4.69, 9.17) is 11.6 Å². The van der Waals surface area contributed by atoms with Crippen molar-refractivity contribution in [3.8, 4) is 0 Å². The number of hydrogen-bond donors (Lipinski definition) is 1. The molecule has 1 atom stereocenters. The summed E-state index contributed by atoms with van der Waals surface area (Å²) in [7, 11) is 1.84. The number of hydrogen-bond acceptors (Lipinski definition) is 3. The lowest BCUT2D eigenvalue weighted by Crippen LogP contribution is -2.25. The number of aryl methyl sites for hydroxylation is 1. The SMILES string of the molecule is CCNC(Cc1ccc(F)cc1Cl)c1c(Br)nnn1C. The summed E-state index contributed by atoms with van der Waals surface area (Å²) in [5, 5.41) is 11.8. The maximum atomic E-state index is 13.1. The van der Waals surface area contributed by atoms with Crippen LogP contribution in [0, 0.1) is 5.82 Å². The van der Waals surface area contributed by atoms with E-state index in [9.17, 15) is 4.39 Å². The third-order valence-electron chi connectivity index (χ3n) is 3.05. The maximum Gasteiger partial charge on any atom is 0.153 e. The molecule has 1 unspecified atom stereocenters. The smallest absolute Gasteiger partial charge is 0.153 e. The molecular weight excluding hydrogens is 347 g/mol. The molecule has 0 spiro atoms. The largest absolute Gasteiger partial charge is 0.309 e. The molecule has 0 radical (unpaired) electrons. The molecule has 0 saturated heterocycles. The Bertz CT molecular complexity index is 583. The average molecular weight is 362 g/mol. The molecule has 0 amide bonds. The minimum atomic E-state index is -0.331. The fourth-order valence-corrected chi connectivity index (χ4v) is 2.98. The van der Waals surface area contributed by atoms with Gasteiger partial charge in [0.15, 0.2) is 4.60 Å². The van der Waals surface area contributed by atoms with Crippen molar-refractivity contribution in [3.63, 3.8) is 0 Å². The zero-order valence-corrected chi connectivity index (χ0v) is 13.5. The minimum Gasteiger partial charge on any atom is -0.309 e. The van der Waals surface area contributed by atoms with Crippen molar-refractivity contribution in [3.05, 3.63) is 44.9 Å². The van der Waals surface area contributed by atoms with Crippen LogP contribution < -0.4 is 5.32 Å². The van der Waals surface area contributed by atoms with Gasteiger partial charge in [-0.25, -0.2) is 9.07 Å². The molecule has 1 aromatic carbocycles. The standard InChI is InChI=1S/C13H15BrClFN4/c1-3-17-11(12-13(14)18-19-20(12)2)6-8-4-5-9(16)7-10(8)15/h4-5,7,11,17H,3,6H2,1-2H3. The maximum absolute atomic E-state index is 13.1. The molecule has 4 nitrogen and oxygen atoms in total. The summed E-state index contributed by atoms with van der Waals surface area (Å²) in [5.41, 5.74) is 1.82. The number of rotatable bonds is 5. The van der Waals surface area contributed by atoms with Crippen LogP contribution in [-0.4, -0.2) is 21.5 Å². The van der Waals surface area contributed by atoms with E-state index in [0.717, 1.165) is 17.8 Å². The van der Waals surface area contributed by atoms with Crippen LogP contribution in [0.4, 0.5) is 4.39 Å². The second kappa shape index (κ2) is 6.65. The van der Waals surface area contributed by atoms with Gasteiger partial charge in [-0.05, 0) is 46.6 Å². The van der Waals surface area contributed by atoms with Crippen LogP contribution in [0.15, 0.2) is 22.8 Å². The molecule has 0 aliphatic rings. The van der Waals surface area contributed by atoms with Gasteiger partial charge in [-0.3, -0.25) is 0 Å². The van der Waals surface area contributed by atoms with Crippen LogP contribution >= 0.6 is 27.5 Å². The van der Waals surface area contributed by atoms with Gasteiger partial charge in [0.2, 0.25) is 0 Å². The van der Waals surface area contributed by atoms with Gasteiger partial charge in [0.25, 0.3) is 0 Å². The van der Waals surface area contributed by atoms with E-state index in [-0.39, 0.29) is 11.9 Å². The van der Waals surface area contributed by atoms with Crippen molar-refractivity contribution in [1.29, 1.82) is 0 Å². The number of aromatic nitrogens is 3.